The predicted molar refractivity (Wildman–Crippen MR) is 105 cm³/mol. The third kappa shape index (κ3) is 4.12. The standard InChI is InChI=1S/C19H16FNO4S2/c1-2-3-14(18(23)24)21-17(22)16(27-19(21)26)10-13-8-9-15(25-13)11-4-6-12(20)7-5-11/h4-10,14H,2-3H2,1H3,(H,23,24)/b16-10+/t14-/m0/s1. The predicted octanol–water partition coefficient (Wildman–Crippen LogP) is 4.54. The number of rotatable bonds is 6. The largest absolute Gasteiger partial charge is 0.480 e. The molecule has 1 aliphatic heterocycles. The van der Waals surface area contributed by atoms with E-state index in [1.807, 2.05) is 6.92 Å². The molecule has 5 nitrogen and oxygen atoms in total. The Kier molecular flexibility index (Phi) is 5.76. The van der Waals surface area contributed by atoms with Gasteiger partial charge in [0, 0.05) is 11.6 Å². The van der Waals surface area contributed by atoms with Gasteiger partial charge >= 0.3 is 5.97 Å². The van der Waals surface area contributed by atoms with Crippen LogP contribution in [0.25, 0.3) is 17.4 Å². The second kappa shape index (κ2) is 8.06. The Labute approximate surface area is 164 Å². The number of carbonyl (C=O) groups is 2. The molecule has 0 bridgehead atoms. The molecule has 0 unspecified atom stereocenters. The number of nitrogens with zero attached hydrogens (tertiary/aromatic N) is 1. The van der Waals surface area contributed by atoms with Crippen LogP contribution in [0.4, 0.5) is 4.39 Å². The first-order chi connectivity index (χ1) is 12.9. The van der Waals surface area contributed by atoms with E-state index in [-0.39, 0.29) is 10.1 Å². The van der Waals surface area contributed by atoms with Crippen LogP contribution in [-0.4, -0.2) is 32.2 Å². The smallest absolute Gasteiger partial charge is 0.326 e. The number of thioether (sulfide) groups is 1. The highest BCUT2D eigenvalue weighted by Crippen LogP contribution is 2.35. The van der Waals surface area contributed by atoms with E-state index >= 15 is 0 Å². The van der Waals surface area contributed by atoms with E-state index in [1.54, 1.807) is 24.3 Å². The molecule has 1 fully saturated rings. The maximum atomic E-state index is 13.0. The fourth-order valence-corrected chi connectivity index (χ4v) is 4.05. The molecule has 1 amide bonds. The van der Waals surface area contributed by atoms with Crippen LogP contribution in [0.3, 0.4) is 0 Å². The highest BCUT2D eigenvalue weighted by atomic mass is 32.2. The molecule has 0 saturated carbocycles. The molecule has 0 radical (unpaired) electrons. The number of furan rings is 1. The zero-order valence-corrected chi connectivity index (χ0v) is 16.0. The number of halogens is 1. The lowest BCUT2D eigenvalue weighted by Crippen LogP contribution is -2.43. The molecular weight excluding hydrogens is 389 g/mol. The molecule has 2 heterocycles. The number of aliphatic carboxylic acids is 1. The summed E-state index contributed by atoms with van der Waals surface area (Å²) in [6.07, 6.45) is 2.48. The van der Waals surface area contributed by atoms with Crippen molar-refractivity contribution in [3.05, 3.63) is 52.9 Å². The van der Waals surface area contributed by atoms with Gasteiger partial charge in [0.2, 0.25) is 0 Å². The van der Waals surface area contributed by atoms with Gasteiger partial charge in [-0.05, 0) is 42.8 Å². The van der Waals surface area contributed by atoms with E-state index in [2.05, 4.69) is 0 Å². The fraction of sp³-hybridized carbons (Fsp3) is 0.211. The molecule has 1 atom stereocenters. The molecule has 0 aliphatic carbocycles. The minimum absolute atomic E-state index is 0.220. The monoisotopic (exact) mass is 405 g/mol. The second-order valence-electron chi connectivity index (χ2n) is 5.90. The summed E-state index contributed by atoms with van der Waals surface area (Å²) in [6, 6.07) is 8.30. The number of thiocarbonyl (C=S) groups is 1. The molecule has 0 spiro atoms. The van der Waals surface area contributed by atoms with E-state index < -0.39 is 17.9 Å². The van der Waals surface area contributed by atoms with Gasteiger partial charge in [-0.15, -0.1) is 0 Å². The molecule has 8 heteroatoms. The summed E-state index contributed by atoms with van der Waals surface area (Å²) in [4.78, 5) is 25.6. The van der Waals surface area contributed by atoms with Gasteiger partial charge in [-0.3, -0.25) is 9.69 Å². The maximum Gasteiger partial charge on any atom is 0.326 e. The van der Waals surface area contributed by atoms with Crippen molar-refractivity contribution < 1.29 is 23.5 Å². The van der Waals surface area contributed by atoms with Crippen molar-refractivity contribution in [2.45, 2.75) is 25.8 Å². The Morgan fingerprint density at radius 2 is 2.04 bits per heavy atom. The molecule has 27 heavy (non-hydrogen) atoms. The van der Waals surface area contributed by atoms with Crippen LogP contribution in [0.15, 0.2) is 45.7 Å². The van der Waals surface area contributed by atoms with Gasteiger partial charge in [-0.25, -0.2) is 9.18 Å². The minimum Gasteiger partial charge on any atom is -0.480 e. The van der Waals surface area contributed by atoms with Crippen molar-refractivity contribution in [2.24, 2.45) is 0 Å². The lowest BCUT2D eigenvalue weighted by atomic mass is 10.1. The first kappa shape index (κ1) is 19.3. The number of carboxylic acid groups (broad SMARTS) is 1. The lowest BCUT2D eigenvalue weighted by Gasteiger charge is -2.22. The van der Waals surface area contributed by atoms with Gasteiger partial charge in [-0.1, -0.05) is 37.3 Å². The van der Waals surface area contributed by atoms with Crippen molar-refractivity contribution in [1.82, 2.24) is 4.90 Å². The summed E-state index contributed by atoms with van der Waals surface area (Å²) in [5.74, 6) is -0.894. The quantitative estimate of drug-likeness (QED) is 0.562. The molecule has 3 rings (SSSR count). The van der Waals surface area contributed by atoms with E-state index in [9.17, 15) is 19.1 Å². The number of amides is 1. The molecule has 140 valence electrons. The van der Waals surface area contributed by atoms with Crippen molar-refractivity contribution in [3.8, 4) is 11.3 Å². The van der Waals surface area contributed by atoms with Crippen LogP contribution < -0.4 is 0 Å². The third-order valence-electron chi connectivity index (χ3n) is 4.01. The van der Waals surface area contributed by atoms with Gasteiger partial charge in [0.05, 0.1) is 4.91 Å². The summed E-state index contributed by atoms with van der Waals surface area (Å²) < 4.78 is 19.0. The second-order valence-corrected chi connectivity index (χ2v) is 7.58. The normalized spacial score (nSPS) is 17.0. The summed E-state index contributed by atoms with van der Waals surface area (Å²) >= 11 is 6.26. The van der Waals surface area contributed by atoms with Crippen LogP contribution >= 0.6 is 24.0 Å². The summed E-state index contributed by atoms with van der Waals surface area (Å²) in [7, 11) is 0. The number of hydrogen-bond donors (Lipinski definition) is 1. The Morgan fingerprint density at radius 1 is 1.33 bits per heavy atom. The Morgan fingerprint density at radius 3 is 2.67 bits per heavy atom. The molecule has 1 aromatic carbocycles. The molecule has 1 aliphatic rings. The highest BCUT2D eigenvalue weighted by Gasteiger charge is 2.40. The Balaban J connectivity index is 1.84. The summed E-state index contributed by atoms with van der Waals surface area (Å²) in [5, 5.41) is 9.40. The number of carbonyl (C=O) groups excluding carboxylic acids is 1. The summed E-state index contributed by atoms with van der Waals surface area (Å²) in [6.45, 7) is 1.85. The Bertz CT molecular complexity index is 920. The van der Waals surface area contributed by atoms with Crippen molar-refractivity contribution in [3.63, 3.8) is 0 Å². The maximum absolute atomic E-state index is 13.0. The minimum atomic E-state index is -1.08. The van der Waals surface area contributed by atoms with Crippen molar-refractivity contribution in [2.75, 3.05) is 0 Å². The van der Waals surface area contributed by atoms with E-state index in [1.165, 1.54) is 18.2 Å². The van der Waals surface area contributed by atoms with Crippen LogP contribution in [0.5, 0.6) is 0 Å². The lowest BCUT2D eigenvalue weighted by molar-refractivity contribution is -0.145. The van der Waals surface area contributed by atoms with Crippen molar-refractivity contribution in [1.29, 1.82) is 0 Å². The van der Waals surface area contributed by atoms with Crippen molar-refractivity contribution >= 4 is 46.3 Å². The van der Waals surface area contributed by atoms with E-state index in [0.717, 1.165) is 16.7 Å². The van der Waals surface area contributed by atoms with Gasteiger partial charge in [-0.2, -0.15) is 0 Å². The Hall–Kier alpha value is -2.45. The molecular formula is C19H16FNO4S2. The van der Waals surface area contributed by atoms with Crippen LogP contribution in [0, 0.1) is 5.82 Å². The zero-order valence-electron chi connectivity index (χ0n) is 14.3. The van der Waals surface area contributed by atoms with Gasteiger partial charge in [0.25, 0.3) is 5.91 Å². The zero-order chi connectivity index (χ0) is 19.6. The van der Waals surface area contributed by atoms with Gasteiger partial charge in [0.15, 0.2) is 0 Å². The van der Waals surface area contributed by atoms with Gasteiger partial charge in [0.1, 0.15) is 27.7 Å². The molecule has 1 aromatic heterocycles. The molecule has 2 aromatic rings. The number of carboxylic acids is 1. The molecule has 1 N–H and O–H groups in total. The van der Waals surface area contributed by atoms with E-state index in [4.69, 9.17) is 16.6 Å². The fourth-order valence-electron chi connectivity index (χ4n) is 2.71. The SMILES string of the molecule is CCC[C@@H](C(=O)O)N1C(=O)/C(=C\c2ccc(-c3ccc(F)cc3)o2)SC1=S. The first-order valence-electron chi connectivity index (χ1n) is 8.26. The summed E-state index contributed by atoms with van der Waals surface area (Å²) in [5.41, 5.74) is 0.706. The highest BCUT2D eigenvalue weighted by molar-refractivity contribution is 8.26. The van der Waals surface area contributed by atoms with Crippen LogP contribution in [-0.2, 0) is 9.59 Å². The average Bonchev–Trinajstić information content (AvgIpc) is 3.19. The van der Waals surface area contributed by atoms with Crippen LogP contribution in [0.1, 0.15) is 25.5 Å². The third-order valence-corrected chi connectivity index (χ3v) is 5.34. The topological polar surface area (TPSA) is 70.8 Å². The van der Waals surface area contributed by atoms with Crippen LogP contribution in [0.2, 0.25) is 0 Å². The number of benzene rings is 1. The van der Waals surface area contributed by atoms with E-state index in [0.29, 0.717) is 34.8 Å². The van der Waals surface area contributed by atoms with Gasteiger partial charge < -0.3 is 9.52 Å². The number of hydrogen-bond acceptors (Lipinski definition) is 5. The average molecular weight is 405 g/mol. The first-order valence-corrected chi connectivity index (χ1v) is 9.49. The molecule has 1 saturated heterocycles.